The van der Waals surface area contributed by atoms with Crippen molar-refractivity contribution in [3.05, 3.63) is 42.5 Å². The molecule has 2 amide bonds. The summed E-state index contributed by atoms with van der Waals surface area (Å²) < 4.78 is 11.0. The topological polar surface area (TPSA) is 92.3 Å². The second kappa shape index (κ2) is 12.0. The molecule has 166 valence electrons. The van der Waals surface area contributed by atoms with Gasteiger partial charge in [-0.2, -0.15) is 5.10 Å². The minimum Gasteiger partial charge on any atom is -0.483 e. The van der Waals surface area contributed by atoms with Crippen LogP contribution in [0.3, 0.4) is 0 Å². The first-order valence-corrected chi connectivity index (χ1v) is 10.6. The van der Waals surface area contributed by atoms with Gasteiger partial charge in [0.15, 0.2) is 6.61 Å². The molecule has 1 aliphatic heterocycles. The van der Waals surface area contributed by atoms with E-state index in [-0.39, 0.29) is 24.8 Å². The Balaban J connectivity index is 1.33. The quantitative estimate of drug-likeness (QED) is 0.344. The molecule has 8 heteroatoms. The molecule has 0 atom stereocenters. The molecule has 0 bridgehead atoms. The lowest BCUT2D eigenvalue weighted by Gasteiger charge is -2.26. The molecule has 1 heterocycles. The maximum atomic E-state index is 12.0. The number of hydrogen-bond donors (Lipinski definition) is 2. The molecule has 3 rings (SSSR count). The monoisotopic (exact) mass is 426 g/mol. The zero-order chi connectivity index (χ0) is 21.9. The molecule has 2 N–H and O–H groups in total. The largest absolute Gasteiger partial charge is 0.483 e. The molecular formula is C23H30N4O4. The average molecular weight is 427 g/mol. The van der Waals surface area contributed by atoms with Crippen LogP contribution in [0, 0.1) is 0 Å². The van der Waals surface area contributed by atoms with Crippen molar-refractivity contribution in [3.8, 4) is 5.75 Å². The molecule has 0 radical (unpaired) electrons. The molecule has 1 aliphatic rings. The van der Waals surface area contributed by atoms with Crippen molar-refractivity contribution >= 4 is 28.3 Å². The van der Waals surface area contributed by atoms with Crippen molar-refractivity contribution in [1.29, 1.82) is 0 Å². The van der Waals surface area contributed by atoms with E-state index in [1.807, 2.05) is 42.5 Å². The summed E-state index contributed by atoms with van der Waals surface area (Å²) >= 11 is 0. The van der Waals surface area contributed by atoms with Crippen molar-refractivity contribution in [2.24, 2.45) is 5.10 Å². The molecule has 1 saturated heterocycles. The van der Waals surface area contributed by atoms with Gasteiger partial charge in [-0.15, -0.1) is 0 Å². The standard InChI is InChI=1S/C23H30N4O4/c1-18(16-22(28)24-10-5-11-27-12-14-30-15-13-27)25-26-23(29)17-31-21-9-4-7-19-6-2-3-8-20(19)21/h2-4,6-9H,5,10-17H2,1H3,(H,24,28)(H,26,29)/b25-18+. The van der Waals surface area contributed by atoms with Crippen LogP contribution in [-0.4, -0.2) is 68.4 Å². The van der Waals surface area contributed by atoms with E-state index in [1.165, 1.54) is 0 Å². The van der Waals surface area contributed by atoms with Crippen LogP contribution < -0.4 is 15.5 Å². The number of benzene rings is 2. The SMILES string of the molecule is C/C(CC(=O)NCCCN1CCOCC1)=N\NC(=O)COc1cccc2ccccc12. The van der Waals surface area contributed by atoms with E-state index >= 15 is 0 Å². The van der Waals surface area contributed by atoms with Crippen LogP contribution in [-0.2, 0) is 14.3 Å². The smallest absolute Gasteiger partial charge is 0.277 e. The van der Waals surface area contributed by atoms with E-state index in [0.717, 1.165) is 50.0 Å². The third-order valence-electron chi connectivity index (χ3n) is 4.97. The Hall–Kier alpha value is -2.97. The molecule has 0 spiro atoms. The molecule has 8 nitrogen and oxygen atoms in total. The van der Waals surface area contributed by atoms with Crippen molar-refractivity contribution in [3.63, 3.8) is 0 Å². The number of carbonyl (C=O) groups is 2. The highest BCUT2D eigenvalue weighted by atomic mass is 16.5. The first-order valence-electron chi connectivity index (χ1n) is 10.6. The second-order valence-corrected chi connectivity index (χ2v) is 7.48. The summed E-state index contributed by atoms with van der Waals surface area (Å²) in [6, 6.07) is 13.5. The number of nitrogens with one attached hydrogen (secondary N) is 2. The number of hydrazone groups is 1. The summed E-state index contributed by atoms with van der Waals surface area (Å²) in [5, 5.41) is 8.88. The molecule has 0 aromatic heterocycles. The summed E-state index contributed by atoms with van der Waals surface area (Å²) in [6.07, 6.45) is 1.03. The van der Waals surface area contributed by atoms with Gasteiger partial charge in [0.2, 0.25) is 5.91 Å². The fraction of sp³-hybridized carbons (Fsp3) is 0.435. The highest BCUT2D eigenvalue weighted by Gasteiger charge is 2.10. The van der Waals surface area contributed by atoms with Crippen molar-refractivity contribution in [1.82, 2.24) is 15.6 Å². The lowest BCUT2D eigenvalue weighted by molar-refractivity contribution is -0.123. The summed E-state index contributed by atoms with van der Waals surface area (Å²) in [4.78, 5) is 26.4. The maximum absolute atomic E-state index is 12.0. The highest BCUT2D eigenvalue weighted by molar-refractivity contribution is 6.00. The van der Waals surface area contributed by atoms with Gasteiger partial charge in [0.05, 0.1) is 19.6 Å². The Labute approximate surface area is 182 Å². The molecule has 0 saturated carbocycles. The fourth-order valence-electron chi connectivity index (χ4n) is 3.34. The third kappa shape index (κ3) is 7.66. The average Bonchev–Trinajstić information content (AvgIpc) is 2.80. The predicted molar refractivity (Wildman–Crippen MR) is 120 cm³/mol. The molecule has 2 aromatic rings. The summed E-state index contributed by atoms with van der Waals surface area (Å²) in [6.45, 7) is 6.57. The zero-order valence-corrected chi connectivity index (χ0v) is 17.9. The van der Waals surface area contributed by atoms with Gasteiger partial charge in [-0.1, -0.05) is 36.4 Å². The highest BCUT2D eigenvalue weighted by Crippen LogP contribution is 2.24. The van der Waals surface area contributed by atoms with Gasteiger partial charge in [0.1, 0.15) is 5.75 Å². The minimum atomic E-state index is -0.377. The van der Waals surface area contributed by atoms with Crippen molar-refractivity contribution < 1.29 is 19.1 Å². The number of ether oxygens (including phenoxy) is 2. The number of hydrogen-bond acceptors (Lipinski definition) is 6. The zero-order valence-electron chi connectivity index (χ0n) is 17.9. The minimum absolute atomic E-state index is 0.107. The molecule has 31 heavy (non-hydrogen) atoms. The lowest BCUT2D eigenvalue weighted by Crippen LogP contribution is -2.38. The van der Waals surface area contributed by atoms with Gasteiger partial charge >= 0.3 is 0 Å². The summed E-state index contributed by atoms with van der Waals surface area (Å²) in [7, 11) is 0. The van der Waals surface area contributed by atoms with E-state index < -0.39 is 0 Å². The van der Waals surface area contributed by atoms with Gasteiger partial charge in [0, 0.05) is 30.7 Å². The first kappa shape index (κ1) is 22.7. The van der Waals surface area contributed by atoms with Crippen LogP contribution in [0.15, 0.2) is 47.6 Å². The normalized spacial score (nSPS) is 14.9. The second-order valence-electron chi connectivity index (χ2n) is 7.48. The Bertz CT molecular complexity index is 904. The van der Waals surface area contributed by atoms with Crippen molar-refractivity contribution in [2.45, 2.75) is 19.8 Å². The predicted octanol–water partition coefficient (Wildman–Crippen LogP) is 1.94. The number of morpholine rings is 1. The van der Waals surface area contributed by atoms with Crippen LogP contribution in [0.5, 0.6) is 5.75 Å². The van der Waals surface area contributed by atoms with E-state index in [9.17, 15) is 9.59 Å². The van der Waals surface area contributed by atoms with Gasteiger partial charge < -0.3 is 14.8 Å². The first-order chi connectivity index (χ1) is 15.1. The Morgan fingerprint density at radius 1 is 1.10 bits per heavy atom. The van der Waals surface area contributed by atoms with Crippen LogP contribution in [0.1, 0.15) is 19.8 Å². The Morgan fingerprint density at radius 3 is 2.71 bits per heavy atom. The number of fused-ring (bicyclic) bond motifs is 1. The van der Waals surface area contributed by atoms with Gasteiger partial charge in [-0.3, -0.25) is 14.5 Å². The van der Waals surface area contributed by atoms with Crippen LogP contribution in [0.4, 0.5) is 0 Å². The number of rotatable bonds is 10. The molecule has 1 fully saturated rings. The van der Waals surface area contributed by atoms with Crippen LogP contribution in [0.2, 0.25) is 0 Å². The number of amides is 2. The lowest BCUT2D eigenvalue weighted by atomic mass is 10.1. The summed E-state index contributed by atoms with van der Waals surface area (Å²) in [5.74, 6) is 0.160. The van der Waals surface area contributed by atoms with E-state index in [4.69, 9.17) is 9.47 Å². The molecule has 0 unspecified atom stereocenters. The van der Waals surface area contributed by atoms with Gasteiger partial charge in [-0.25, -0.2) is 5.43 Å². The van der Waals surface area contributed by atoms with Crippen molar-refractivity contribution in [2.75, 3.05) is 46.0 Å². The molecule has 0 aliphatic carbocycles. The van der Waals surface area contributed by atoms with Gasteiger partial charge in [-0.05, 0) is 31.3 Å². The van der Waals surface area contributed by atoms with Crippen LogP contribution in [0.25, 0.3) is 10.8 Å². The van der Waals surface area contributed by atoms with Gasteiger partial charge in [0.25, 0.3) is 5.91 Å². The molecule has 2 aromatic carbocycles. The fourth-order valence-corrected chi connectivity index (χ4v) is 3.34. The Kier molecular flexibility index (Phi) is 8.81. The number of nitrogens with zero attached hydrogens (tertiary/aromatic N) is 2. The Morgan fingerprint density at radius 2 is 1.87 bits per heavy atom. The summed E-state index contributed by atoms with van der Waals surface area (Å²) in [5.41, 5.74) is 2.97. The van der Waals surface area contributed by atoms with E-state index in [1.54, 1.807) is 6.92 Å². The van der Waals surface area contributed by atoms with E-state index in [2.05, 4.69) is 20.7 Å². The van der Waals surface area contributed by atoms with Crippen LogP contribution >= 0.6 is 0 Å². The third-order valence-corrected chi connectivity index (χ3v) is 4.97. The molecular weight excluding hydrogens is 396 g/mol. The number of carbonyl (C=O) groups excluding carboxylic acids is 2. The van der Waals surface area contributed by atoms with E-state index in [0.29, 0.717) is 18.0 Å². The maximum Gasteiger partial charge on any atom is 0.277 e.